The quantitative estimate of drug-likeness (QED) is 0.532. The lowest BCUT2D eigenvalue weighted by molar-refractivity contribution is -0.122. The highest BCUT2D eigenvalue weighted by Crippen LogP contribution is 2.43. The number of nitrogens with zero attached hydrogens (tertiary/aromatic N) is 1. The molecule has 1 aliphatic rings. The zero-order valence-electron chi connectivity index (χ0n) is 17.8. The average Bonchev–Trinajstić information content (AvgIpc) is 2.81. The Kier molecular flexibility index (Phi) is 6.71. The third-order valence-corrected chi connectivity index (χ3v) is 6.78. The second kappa shape index (κ2) is 9.68. The van der Waals surface area contributed by atoms with Crippen LogP contribution in [0.25, 0.3) is 0 Å². The molecular formula is C24H22N2O5S2. The van der Waals surface area contributed by atoms with Crippen LogP contribution in [0, 0.1) is 0 Å². The van der Waals surface area contributed by atoms with Gasteiger partial charge in [0.25, 0.3) is 5.91 Å². The lowest BCUT2D eigenvalue weighted by Crippen LogP contribution is -2.41. The number of thioether (sulfide) groups is 1. The van der Waals surface area contributed by atoms with Gasteiger partial charge >= 0.3 is 5.97 Å². The van der Waals surface area contributed by atoms with Crippen molar-refractivity contribution in [3.63, 3.8) is 0 Å². The number of rotatable bonds is 6. The normalized spacial score (nSPS) is 15.4. The van der Waals surface area contributed by atoms with Crippen LogP contribution >= 0.6 is 11.8 Å². The molecule has 7 nitrogen and oxygen atoms in total. The highest BCUT2D eigenvalue weighted by molar-refractivity contribution is 7.99. The number of carbonyl (C=O) groups excluding carboxylic acids is 2. The van der Waals surface area contributed by atoms with Crippen molar-refractivity contribution < 1.29 is 22.7 Å². The molecule has 1 amide bonds. The maximum Gasteiger partial charge on any atom is 0.340 e. The summed E-state index contributed by atoms with van der Waals surface area (Å²) in [5.74, 6) is -0.480. The van der Waals surface area contributed by atoms with Gasteiger partial charge in [0.15, 0.2) is 6.61 Å². The van der Waals surface area contributed by atoms with Crippen LogP contribution in [0.5, 0.6) is 0 Å². The van der Waals surface area contributed by atoms with Crippen molar-refractivity contribution in [3.8, 4) is 0 Å². The first kappa shape index (κ1) is 22.9. The van der Waals surface area contributed by atoms with E-state index in [-0.39, 0.29) is 23.2 Å². The van der Waals surface area contributed by atoms with E-state index in [1.807, 2.05) is 54.6 Å². The molecule has 0 fully saturated rings. The zero-order valence-corrected chi connectivity index (χ0v) is 19.4. The fraction of sp³-hybridized carbons (Fsp3) is 0.167. The number of carbonyl (C=O) groups is 2. The minimum absolute atomic E-state index is 0.0323. The van der Waals surface area contributed by atoms with Crippen LogP contribution < -0.4 is 9.62 Å². The summed E-state index contributed by atoms with van der Waals surface area (Å²) in [6.07, 6.45) is 0.994. The van der Waals surface area contributed by atoms with Crippen molar-refractivity contribution >= 4 is 45.0 Å². The van der Waals surface area contributed by atoms with Crippen LogP contribution in [0.15, 0.2) is 83.8 Å². The number of sulfonamides is 1. The summed E-state index contributed by atoms with van der Waals surface area (Å²) in [6.45, 7) is -0.478. The summed E-state index contributed by atoms with van der Waals surface area (Å²) in [7, 11) is -3.59. The fourth-order valence-corrected chi connectivity index (χ4v) is 5.39. The Labute approximate surface area is 196 Å². The molecule has 3 aromatic rings. The zero-order chi connectivity index (χ0) is 23.4. The van der Waals surface area contributed by atoms with E-state index in [0.29, 0.717) is 5.75 Å². The van der Waals surface area contributed by atoms with E-state index < -0.39 is 22.6 Å². The van der Waals surface area contributed by atoms with Gasteiger partial charge in [0.2, 0.25) is 10.0 Å². The molecule has 1 N–H and O–H groups in total. The first-order valence-corrected chi connectivity index (χ1v) is 13.0. The summed E-state index contributed by atoms with van der Waals surface area (Å²) < 4.78 is 30.8. The number of hydrogen-bond acceptors (Lipinski definition) is 6. The highest BCUT2D eigenvalue weighted by atomic mass is 32.2. The number of ether oxygens (including phenoxy) is 1. The molecular weight excluding hydrogens is 460 g/mol. The third kappa shape index (κ3) is 5.37. The topological polar surface area (TPSA) is 92.8 Å². The predicted octanol–water partition coefficient (Wildman–Crippen LogP) is 4.10. The summed E-state index contributed by atoms with van der Waals surface area (Å²) in [6, 6.07) is 23.2. The minimum Gasteiger partial charge on any atom is -0.452 e. The van der Waals surface area contributed by atoms with Crippen molar-refractivity contribution in [3.05, 3.63) is 90.0 Å². The van der Waals surface area contributed by atoms with Crippen molar-refractivity contribution in [2.45, 2.75) is 10.9 Å². The molecule has 1 unspecified atom stereocenters. The Hall–Kier alpha value is -3.30. The number of anilines is 2. The second-order valence-electron chi connectivity index (χ2n) is 7.46. The number of para-hydroxylation sites is 2. The van der Waals surface area contributed by atoms with Gasteiger partial charge in [0, 0.05) is 10.6 Å². The van der Waals surface area contributed by atoms with Crippen LogP contribution in [0.2, 0.25) is 0 Å². The van der Waals surface area contributed by atoms with Gasteiger partial charge in [-0.1, -0.05) is 54.6 Å². The van der Waals surface area contributed by atoms with E-state index in [0.717, 1.165) is 22.4 Å². The molecule has 9 heteroatoms. The van der Waals surface area contributed by atoms with Gasteiger partial charge in [-0.2, -0.15) is 0 Å². The Morgan fingerprint density at radius 1 is 1.00 bits per heavy atom. The van der Waals surface area contributed by atoms with Gasteiger partial charge in [-0.05, 0) is 29.8 Å². The molecule has 0 aliphatic carbocycles. The van der Waals surface area contributed by atoms with E-state index in [1.54, 1.807) is 28.8 Å². The van der Waals surface area contributed by atoms with E-state index in [1.165, 1.54) is 12.1 Å². The van der Waals surface area contributed by atoms with Gasteiger partial charge in [-0.3, -0.25) is 14.4 Å². The molecule has 0 spiro atoms. The Balaban J connectivity index is 1.56. The molecule has 1 heterocycles. The molecule has 1 aliphatic heterocycles. The van der Waals surface area contributed by atoms with E-state index >= 15 is 0 Å². The van der Waals surface area contributed by atoms with Crippen LogP contribution in [0.1, 0.15) is 22.0 Å². The number of amides is 1. The molecule has 0 saturated heterocycles. The number of esters is 1. The van der Waals surface area contributed by atoms with Gasteiger partial charge in [-0.15, -0.1) is 11.8 Å². The largest absolute Gasteiger partial charge is 0.452 e. The lowest BCUT2D eigenvalue weighted by atomic mass is 10.1. The molecule has 0 saturated carbocycles. The molecule has 0 radical (unpaired) electrons. The maximum absolute atomic E-state index is 13.3. The number of benzene rings is 3. The summed E-state index contributed by atoms with van der Waals surface area (Å²) in [4.78, 5) is 28.7. The number of fused-ring (bicyclic) bond motifs is 1. The van der Waals surface area contributed by atoms with Gasteiger partial charge in [0.05, 0.1) is 29.2 Å². The summed E-state index contributed by atoms with van der Waals surface area (Å²) in [5.41, 5.74) is 1.88. The van der Waals surface area contributed by atoms with E-state index in [2.05, 4.69) is 4.72 Å². The molecule has 33 heavy (non-hydrogen) atoms. The van der Waals surface area contributed by atoms with E-state index in [9.17, 15) is 18.0 Å². The van der Waals surface area contributed by atoms with Crippen molar-refractivity contribution in [2.24, 2.45) is 0 Å². The number of nitrogens with one attached hydrogen (secondary N) is 1. The molecule has 0 aromatic heterocycles. The maximum atomic E-state index is 13.3. The first-order chi connectivity index (χ1) is 15.8. The summed E-state index contributed by atoms with van der Waals surface area (Å²) >= 11 is 1.67. The van der Waals surface area contributed by atoms with Crippen LogP contribution in [-0.2, 0) is 19.6 Å². The van der Waals surface area contributed by atoms with Crippen LogP contribution in [0.3, 0.4) is 0 Å². The summed E-state index contributed by atoms with van der Waals surface area (Å²) in [5, 5.41) is 0. The Morgan fingerprint density at radius 3 is 2.42 bits per heavy atom. The van der Waals surface area contributed by atoms with Crippen molar-refractivity contribution in [1.82, 2.24) is 0 Å². The van der Waals surface area contributed by atoms with E-state index in [4.69, 9.17) is 4.74 Å². The van der Waals surface area contributed by atoms with Gasteiger partial charge in [-0.25, -0.2) is 13.2 Å². The second-order valence-corrected chi connectivity index (χ2v) is 10.3. The SMILES string of the molecule is CS(=O)(=O)Nc1ccccc1C(=O)OCC(=O)N1c2ccccc2SCC1c1ccccc1. The molecule has 170 valence electrons. The molecule has 0 bridgehead atoms. The Morgan fingerprint density at radius 2 is 1.67 bits per heavy atom. The predicted molar refractivity (Wildman–Crippen MR) is 129 cm³/mol. The minimum atomic E-state index is -3.59. The highest BCUT2D eigenvalue weighted by Gasteiger charge is 2.33. The van der Waals surface area contributed by atoms with Gasteiger partial charge in [0.1, 0.15) is 0 Å². The first-order valence-electron chi connectivity index (χ1n) is 10.2. The average molecular weight is 483 g/mol. The van der Waals surface area contributed by atoms with Crippen LogP contribution in [-0.4, -0.2) is 38.9 Å². The monoisotopic (exact) mass is 482 g/mol. The van der Waals surface area contributed by atoms with Crippen molar-refractivity contribution in [1.29, 1.82) is 0 Å². The standard InChI is InChI=1S/C24H22N2O5S2/c1-33(29,30)25-19-12-6-5-11-18(19)24(28)31-15-23(27)26-20-13-7-8-14-22(20)32-16-21(26)17-9-3-2-4-10-17/h2-14,21,25H,15-16H2,1H3. The molecule has 3 aromatic carbocycles. The smallest absolute Gasteiger partial charge is 0.340 e. The lowest BCUT2D eigenvalue weighted by Gasteiger charge is -2.37. The third-order valence-electron chi connectivity index (χ3n) is 5.06. The molecule has 1 atom stereocenters. The molecule has 4 rings (SSSR count). The fourth-order valence-electron chi connectivity index (χ4n) is 3.64. The van der Waals surface area contributed by atoms with Gasteiger partial charge < -0.3 is 4.74 Å². The van der Waals surface area contributed by atoms with Crippen LogP contribution in [0.4, 0.5) is 11.4 Å². The van der Waals surface area contributed by atoms with Crippen molar-refractivity contribution in [2.75, 3.05) is 28.2 Å². The number of hydrogen-bond donors (Lipinski definition) is 1. The Bertz CT molecular complexity index is 1280.